The van der Waals surface area contributed by atoms with Crippen molar-refractivity contribution in [1.82, 2.24) is 5.32 Å². The minimum absolute atomic E-state index is 0.121. The van der Waals surface area contributed by atoms with Crippen molar-refractivity contribution in [1.29, 1.82) is 0 Å². The summed E-state index contributed by atoms with van der Waals surface area (Å²) in [5.74, 6) is 0. The van der Waals surface area contributed by atoms with E-state index >= 15 is 0 Å². The first-order chi connectivity index (χ1) is 5.72. The Bertz CT molecular complexity index is 208. The number of hydrogen-bond donors (Lipinski definition) is 1. The van der Waals surface area contributed by atoms with Crippen molar-refractivity contribution in [2.24, 2.45) is 0 Å². The molecule has 4 heteroatoms. The Morgan fingerprint density at radius 3 is 2.23 bits per heavy atom. The number of rotatable bonds is 2. The van der Waals surface area contributed by atoms with Gasteiger partial charge in [0.05, 0.1) is 6.04 Å². The minimum atomic E-state index is -0.459. The van der Waals surface area contributed by atoms with Crippen molar-refractivity contribution in [2.45, 2.75) is 46.3 Å². The van der Waals surface area contributed by atoms with Crippen molar-refractivity contribution in [3.8, 4) is 0 Å². The van der Waals surface area contributed by atoms with Gasteiger partial charge in [-0.05, 0) is 34.6 Å². The van der Waals surface area contributed by atoms with Gasteiger partial charge < -0.3 is 10.1 Å². The molecule has 1 amide bonds. The van der Waals surface area contributed by atoms with Gasteiger partial charge in [-0.3, -0.25) is 0 Å². The number of hydrogen-bond acceptors (Lipinski definition) is 3. The summed E-state index contributed by atoms with van der Waals surface area (Å²) >= 11 is 4.91. The first-order valence-electron chi connectivity index (χ1n) is 4.22. The highest BCUT2D eigenvalue weighted by Crippen LogP contribution is 2.06. The highest BCUT2D eigenvalue weighted by molar-refractivity contribution is 7.80. The lowest BCUT2D eigenvalue weighted by atomic mass is 10.2. The molecule has 0 spiro atoms. The van der Waals surface area contributed by atoms with Crippen molar-refractivity contribution in [2.75, 3.05) is 0 Å². The van der Waals surface area contributed by atoms with E-state index in [1.165, 1.54) is 0 Å². The van der Waals surface area contributed by atoms with Crippen molar-refractivity contribution in [3.63, 3.8) is 0 Å². The predicted molar refractivity (Wildman–Crippen MR) is 57.1 cm³/mol. The van der Waals surface area contributed by atoms with Crippen LogP contribution in [-0.2, 0) is 4.74 Å². The number of alkyl carbamates (subject to hydrolysis) is 1. The maximum Gasteiger partial charge on any atom is 0.408 e. The third-order valence-corrected chi connectivity index (χ3v) is 1.70. The zero-order chi connectivity index (χ0) is 10.6. The molecule has 0 aromatic carbocycles. The molecule has 0 aliphatic carbocycles. The van der Waals surface area contributed by atoms with Crippen LogP contribution in [0.3, 0.4) is 0 Å². The van der Waals surface area contributed by atoms with Crippen LogP contribution in [0.1, 0.15) is 34.6 Å². The number of nitrogens with one attached hydrogen (secondary N) is 1. The van der Waals surface area contributed by atoms with Crippen LogP contribution in [0.15, 0.2) is 0 Å². The molecule has 13 heavy (non-hydrogen) atoms. The zero-order valence-electron chi connectivity index (χ0n) is 8.80. The van der Waals surface area contributed by atoms with Gasteiger partial charge in [0.1, 0.15) is 5.60 Å². The van der Waals surface area contributed by atoms with E-state index in [0.29, 0.717) is 0 Å². The van der Waals surface area contributed by atoms with Gasteiger partial charge in [0, 0.05) is 4.86 Å². The molecule has 0 aromatic rings. The Morgan fingerprint density at radius 2 is 1.92 bits per heavy atom. The van der Waals surface area contributed by atoms with Crippen LogP contribution >= 0.6 is 12.2 Å². The van der Waals surface area contributed by atoms with Crippen LogP contribution in [0.2, 0.25) is 0 Å². The Hall–Kier alpha value is -0.640. The van der Waals surface area contributed by atoms with Gasteiger partial charge in [0.2, 0.25) is 0 Å². The third-order valence-electron chi connectivity index (χ3n) is 1.34. The average molecular weight is 203 g/mol. The van der Waals surface area contributed by atoms with Gasteiger partial charge in [0.25, 0.3) is 0 Å². The van der Waals surface area contributed by atoms with E-state index in [4.69, 9.17) is 17.0 Å². The van der Waals surface area contributed by atoms with E-state index in [2.05, 4.69) is 5.32 Å². The van der Waals surface area contributed by atoms with Gasteiger partial charge in [-0.25, -0.2) is 4.79 Å². The maximum atomic E-state index is 11.2. The Labute approximate surface area is 84.8 Å². The summed E-state index contributed by atoms with van der Waals surface area (Å²) in [6, 6.07) is -0.121. The van der Waals surface area contributed by atoms with Crippen LogP contribution < -0.4 is 5.32 Å². The molecule has 0 bridgehead atoms. The van der Waals surface area contributed by atoms with E-state index < -0.39 is 11.7 Å². The second kappa shape index (κ2) is 4.56. The number of carbonyl (C=O) groups excluding carboxylic acids is 1. The molecular formula is C9H17NO2S. The molecule has 0 unspecified atom stereocenters. The summed E-state index contributed by atoms with van der Waals surface area (Å²) in [7, 11) is 0. The largest absolute Gasteiger partial charge is 0.444 e. The molecule has 0 fully saturated rings. The van der Waals surface area contributed by atoms with Crippen molar-refractivity contribution in [3.05, 3.63) is 0 Å². The van der Waals surface area contributed by atoms with E-state index in [1.54, 1.807) is 6.92 Å². The summed E-state index contributed by atoms with van der Waals surface area (Å²) < 4.78 is 5.05. The normalized spacial score (nSPS) is 13.3. The topological polar surface area (TPSA) is 38.3 Å². The maximum absolute atomic E-state index is 11.2. The van der Waals surface area contributed by atoms with Crippen LogP contribution in [0, 0.1) is 0 Å². The molecular weight excluding hydrogens is 186 g/mol. The smallest absolute Gasteiger partial charge is 0.408 e. The molecule has 0 aromatic heterocycles. The van der Waals surface area contributed by atoms with Gasteiger partial charge in [-0.1, -0.05) is 12.2 Å². The van der Waals surface area contributed by atoms with Gasteiger partial charge in [0.15, 0.2) is 0 Å². The molecule has 0 aliphatic rings. The molecule has 0 heterocycles. The second-order valence-corrected chi connectivity index (χ2v) is 4.62. The summed E-state index contributed by atoms with van der Waals surface area (Å²) in [6.45, 7) is 9.08. The minimum Gasteiger partial charge on any atom is -0.444 e. The fraction of sp³-hybridized carbons (Fsp3) is 0.778. The summed E-state index contributed by atoms with van der Waals surface area (Å²) in [5.41, 5.74) is -0.459. The van der Waals surface area contributed by atoms with Crippen molar-refractivity contribution < 1.29 is 9.53 Å². The van der Waals surface area contributed by atoms with E-state index in [9.17, 15) is 4.79 Å². The molecule has 0 saturated heterocycles. The molecule has 1 atom stereocenters. The average Bonchev–Trinajstić information content (AvgIpc) is 1.81. The molecule has 1 N–H and O–H groups in total. The van der Waals surface area contributed by atoms with E-state index in [1.807, 2.05) is 27.7 Å². The van der Waals surface area contributed by atoms with Crippen LogP contribution in [-0.4, -0.2) is 22.6 Å². The van der Waals surface area contributed by atoms with Gasteiger partial charge in [-0.15, -0.1) is 0 Å². The zero-order valence-corrected chi connectivity index (χ0v) is 9.62. The number of ether oxygens (including phenoxy) is 1. The second-order valence-electron chi connectivity index (χ2n) is 3.98. The number of thiocarbonyl (C=S) groups is 1. The predicted octanol–water partition coefficient (Wildman–Crippen LogP) is 2.29. The molecule has 0 saturated carbocycles. The van der Waals surface area contributed by atoms with E-state index in [0.717, 1.165) is 4.86 Å². The molecule has 0 aliphatic heterocycles. The van der Waals surface area contributed by atoms with E-state index in [-0.39, 0.29) is 6.04 Å². The lowest BCUT2D eigenvalue weighted by Crippen LogP contribution is -2.40. The fourth-order valence-corrected chi connectivity index (χ4v) is 0.645. The standard InChI is InChI=1S/C9H17NO2S/c1-6(7(2)13)10-8(11)12-9(3,4)5/h6H,1-5H3,(H,10,11)/t6-/m0/s1. The highest BCUT2D eigenvalue weighted by Gasteiger charge is 2.17. The quantitative estimate of drug-likeness (QED) is 0.700. The summed E-state index contributed by atoms with van der Waals surface area (Å²) in [4.78, 5) is 11.9. The SMILES string of the molecule is CC(=S)[C@H](C)NC(=O)OC(C)(C)C. The number of carbonyl (C=O) groups is 1. The Kier molecular flexibility index (Phi) is 4.33. The lowest BCUT2D eigenvalue weighted by Gasteiger charge is -2.21. The monoisotopic (exact) mass is 203 g/mol. The molecule has 76 valence electrons. The van der Waals surface area contributed by atoms with Crippen LogP contribution in [0.25, 0.3) is 0 Å². The Balaban J connectivity index is 3.96. The third kappa shape index (κ3) is 6.51. The van der Waals surface area contributed by atoms with Crippen molar-refractivity contribution >= 4 is 23.2 Å². The van der Waals surface area contributed by atoms with Crippen LogP contribution in [0.5, 0.6) is 0 Å². The van der Waals surface area contributed by atoms with Crippen LogP contribution in [0.4, 0.5) is 4.79 Å². The first-order valence-corrected chi connectivity index (χ1v) is 4.63. The lowest BCUT2D eigenvalue weighted by molar-refractivity contribution is 0.0521. The summed E-state index contributed by atoms with van der Waals surface area (Å²) in [6.07, 6.45) is -0.427. The molecule has 3 nitrogen and oxygen atoms in total. The molecule has 0 rings (SSSR count). The van der Waals surface area contributed by atoms with Gasteiger partial charge in [-0.2, -0.15) is 0 Å². The fourth-order valence-electron chi connectivity index (χ4n) is 0.586. The van der Waals surface area contributed by atoms with Gasteiger partial charge >= 0.3 is 6.09 Å². The first kappa shape index (κ1) is 12.4. The highest BCUT2D eigenvalue weighted by atomic mass is 32.1. The molecule has 0 radical (unpaired) electrons. The number of amides is 1. The summed E-state index contributed by atoms with van der Waals surface area (Å²) in [5, 5.41) is 2.63. The Morgan fingerprint density at radius 1 is 1.46 bits per heavy atom.